The minimum Gasteiger partial charge on any atom is -0.353 e. The van der Waals surface area contributed by atoms with Crippen LogP contribution in [0.2, 0.25) is 0 Å². The van der Waals surface area contributed by atoms with Crippen molar-refractivity contribution in [3.63, 3.8) is 0 Å². The maximum Gasteiger partial charge on any atom is 0.332 e. The zero-order valence-corrected chi connectivity index (χ0v) is 21.5. The number of rotatable bonds is 8. The van der Waals surface area contributed by atoms with Crippen molar-refractivity contribution in [3.8, 4) is 0 Å². The van der Waals surface area contributed by atoms with Gasteiger partial charge in [-0.25, -0.2) is 14.2 Å². The summed E-state index contributed by atoms with van der Waals surface area (Å²) in [5, 5.41) is 4.06. The van der Waals surface area contributed by atoms with E-state index in [-0.39, 0.29) is 24.2 Å². The topological polar surface area (TPSA) is 95.8 Å². The van der Waals surface area contributed by atoms with Gasteiger partial charge in [-0.3, -0.25) is 18.7 Å². The van der Waals surface area contributed by atoms with Crippen LogP contribution >= 0.6 is 0 Å². The van der Waals surface area contributed by atoms with Crippen LogP contribution in [-0.4, -0.2) is 35.2 Å². The van der Waals surface area contributed by atoms with E-state index in [0.717, 1.165) is 26.6 Å². The number of fused-ring (bicyclic) bond motifs is 2. The molecule has 1 unspecified atom stereocenters. The molecule has 5 rings (SSSR count). The van der Waals surface area contributed by atoms with E-state index in [1.165, 1.54) is 23.7 Å². The number of halogens is 1. The minimum atomic E-state index is -0.424. The van der Waals surface area contributed by atoms with Gasteiger partial charge in [-0.05, 0) is 42.7 Å². The van der Waals surface area contributed by atoms with Gasteiger partial charge in [0.2, 0.25) is 5.91 Å². The minimum absolute atomic E-state index is 0.101. The van der Waals surface area contributed by atoms with Crippen LogP contribution in [0.3, 0.4) is 0 Å². The van der Waals surface area contributed by atoms with Gasteiger partial charge >= 0.3 is 5.69 Å². The molecule has 0 aliphatic heterocycles. The summed E-state index contributed by atoms with van der Waals surface area (Å²) in [6.45, 7) is 2.95. The highest BCUT2D eigenvalue weighted by Crippen LogP contribution is 2.23. The second-order valence-electron chi connectivity index (χ2n) is 9.68. The van der Waals surface area contributed by atoms with Crippen LogP contribution in [0.5, 0.6) is 0 Å². The van der Waals surface area contributed by atoms with Gasteiger partial charge in [0.15, 0.2) is 11.2 Å². The number of aromatic nitrogens is 5. The molecule has 3 aromatic heterocycles. The van der Waals surface area contributed by atoms with E-state index < -0.39 is 11.2 Å². The Kier molecular flexibility index (Phi) is 6.71. The van der Waals surface area contributed by atoms with E-state index >= 15 is 0 Å². The molecule has 0 fully saturated rings. The summed E-state index contributed by atoms with van der Waals surface area (Å²) in [7, 11) is 3.03. The maximum absolute atomic E-state index is 13.3. The fourth-order valence-corrected chi connectivity index (χ4v) is 4.85. The molecule has 0 saturated carbocycles. The molecule has 1 N–H and O–H groups in total. The lowest BCUT2D eigenvalue weighted by molar-refractivity contribution is -0.121. The number of nitrogens with zero attached hydrogens (tertiary/aromatic N) is 5. The molecule has 0 aliphatic carbocycles. The van der Waals surface area contributed by atoms with Gasteiger partial charge in [0.1, 0.15) is 5.82 Å². The summed E-state index contributed by atoms with van der Waals surface area (Å²) in [6, 6.07) is 14.2. The van der Waals surface area contributed by atoms with Gasteiger partial charge in [-0.1, -0.05) is 30.3 Å². The third-order valence-electron chi connectivity index (χ3n) is 6.92. The number of imidazole rings is 1. The Morgan fingerprint density at radius 3 is 2.53 bits per heavy atom. The van der Waals surface area contributed by atoms with Crippen LogP contribution in [0.4, 0.5) is 4.39 Å². The Hall–Kier alpha value is -4.47. The molecule has 10 heteroatoms. The molecule has 0 bridgehead atoms. The molecule has 0 saturated heterocycles. The Morgan fingerprint density at radius 2 is 1.76 bits per heavy atom. The lowest BCUT2D eigenvalue weighted by atomic mass is 10.1. The number of benzene rings is 2. The highest BCUT2D eigenvalue weighted by Gasteiger charge is 2.17. The molecule has 5 aromatic rings. The van der Waals surface area contributed by atoms with E-state index in [1.807, 2.05) is 37.4 Å². The smallest absolute Gasteiger partial charge is 0.332 e. The number of amides is 1. The average Bonchev–Trinajstić information content (AvgIpc) is 3.48. The van der Waals surface area contributed by atoms with Gasteiger partial charge < -0.3 is 14.5 Å². The molecule has 0 radical (unpaired) electrons. The van der Waals surface area contributed by atoms with E-state index in [0.29, 0.717) is 30.7 Å². The van der Waals surface area contributed by atoms with Crippen molar-refractivity contribution in [1.29, 1.82) is 0 Å². The maximum atomic E-state index is 13.3. The van der Waals surface area contributed by atoms with Crippen LogP contribution in [-0.2, 0) is 38.4 Å². The van der Waals surface area contributed by atoms with Gasteiger partial charge in [0, 0.05) is 50.3 Å². The van der Waals surface area contributed by atoms with E-state index in [1.54, 1.807) is 30.1 Å². The standard InChI is InChI=1S/C28H29FN6O3/c1-18(12-13-34-17-30-26-25(34)27(37)33(3)28(38)32(26)2)31-24(36)14-20-16-35(23-7-5-4-6-22(20)23)15-19-8-10-21(29)11-9-19/h4-11,16-18H,12-15H2,1-3H3,(H,31,36). The van der Waals surface area contributed by atoms with Crippen molar-refractivity contribution < 1.29 is 9.18 Å². The summed E-state index contributed by atoms with van der Waals surface area (Å²) in [5.41, 5.74) is 2.78. The number of hydrogen-bond acceptors (Lipinski definition) is 4. The summed E-state index contributed by atoms with van der Waals surface area (Å²) < 4.78 is 19.5. The van der Waals surface area contributed by atoms with Crippen LogP contribution in [0.15, 0.2) is 70.6 Å². The van der Waals surface area contributed by atoms with Crippen LogP contribution in [0.1, 0.15) is 24.5 Å². The first kappa shape index (κ1) is 25.2. The van der Waals surface area contributed by atoms with Crippen molar-refractivity contribution in [2.75, 3.05) is 0 Å². The average molecular weight is 517 g/mol. The van der Waals surface area contributed by atoms with Crippen molar-refractivity contribution in [1.82, 2.24) is 28.6 Å². The first-order valence-electron chi connectivity index (χ1n) is 12.4. The first-order valence-corrected chi connectivity index (χ1v) is 12.4. The highest BCUT2D eigenvalue weighted by atomic mass is 19.1. The van der Waals surface area contributed by atoms with E-state index in [4.69, 9.17) is 0 Å². The van der Waals surface area contributed by atoms with Gasteiger partial charge in [0.25, 0.3) is 5.56 Å². The quantitative estimate of drug-likeness (QED) is 0.343. The van der Waals surface area contributed by atoms with Crippen molar-refractivity contribution >= 4 is 28.0 Å². The fourth-order valence-electron chi connectivity index (χ4n) is 4.85. The monoisotopic (exact) mass is 516 g/mol. The van der Waals surface area contributed by atoms with Crippen molar-refractivity contribution in [2.24, 2.45) is 14.1 Å². The van der Waals surface area contributed by atoms with E-state index in [2.05, 4.69) is 14.9 Å². The fraction of sp³-hybridized carbons (Fsp3) is 0.286. The molecule has 1 atom stereocenters. The molecule has 9 nitrogen and oxygen atoms in total. The predicted octanol–water partition coefficient (Wildman–Crippen LogP) is 2.71. The van der Waals surface area contributed by atoms with Crippen molar-refractivity contribution in [2.45, 2.75) is 38.9 Å². The predicted molar refractivity (Wildman–Crippen MR) is 144 cm³/mol. The SMILES string of the molecule is CC(CCn1cnc2c1c(=O)n(C)c(=O)n2C)NC(=O)Cc1cn(Cc2ccc(F)cc2)c2ccccc12. The lowest BCUT2D eigenvalue weighted by Gasteiger charge is -2.14. The zero-order chi connectivity index (χ0) is 27.0. The largest absolute Gasteiger partial charge is 0.353 e. The van der Waals surface area contributed by atoms with Crippen molar-refractivity contribution in [3.05, 3.63) is 98.8 Å². The van der Waals surface area contributed by atoms with Gasteiger partial charge in [0.05, 0.1) is 12.7 Å². The third kappa shape index (κ3) is 4.77. The number of carbonyl (C=O) groups excluding carboxylic acids is 1. The second kappa shape index (κ2) is 10.1. The third-order valence-corrected chi connectivity index (χ3v) is 6.92. The van der Waals surface area contributed by atoms with Crippen LogP contribution < -0.4 is 16.6 Å². The number of aryl methyl sites for hydroxylation is 2. The Labute approximate surface area is 217 Å². The van der Waals surface area contributed by atoms with Crippen LogP contribution in [0.25, 0.3) is 22.1 Å². The molecule has 3 heterocycles. The number of carbonyl (C=O) groups is 1. The molecule has 0 aliphatic rings. The Bertz CT molecular complexity index is 1760. The summed E-state index contributed by atoms with van der Waals surface area (Å²) in [6.07, 6.45) is 4.33. The number of nitrogens with one attached hydrogen (secondary N) is 1. The Morgan fingerprint density at radius 1 is 1.03 bits per heavy atom. The van der Waals surface area contributed by atoms with Crippen LogP contribution in [0, 0.1) is 5.82 Å². The molecular formula is C28H29FN6O3. The van der Waals surface area contributed by atoms with Gasteiger partial charge in [-0.2, -0.15) is 0 Å². The first-order chi connectivity index (χ1) is 18.2. The molecule has 2 aromatic carbocycles. The van der Waals surface area contributed by atoms with E-state index in [9.17, 15) is 18.8 Å². The lowest BCUT2D eigenvalue weighted by Crippen LogP contribution is -2.38. The van der Waals surface area contributed by atoms with Gasteiger partial charge in [-0.15, -0.1) is 0 Å². The molecule has 1 amide bonds. The molecule has 196 valence electrons. The molecule has 38 heavy (non-hydrogen) atoms. The molecule has 0 spiro atoms. The molecular weight excluding hydrogens is 487 g/mol. The summed E-state index contributed by atoms with van der Waals surface area (Å²) in [4.78, 5) is 42.0. The summed E-state index contributed by atoms with van der Waals surface area (Å²) >= 11 is 0. The number of hydrogen-bond donors (Lipinski definition) is 1. The number of para-hydroxylation sites is 1. The normalized spacial score (nSPS) is 12.3. The highest BCUT2D eigenvalue weighted by molar-refractivity contribution is 5.89. The summed E-state index contributed by atoms with van der Waals surface area (Å²) in [5.74, 6) is -0.372. The zero-order valence-electron chi connectivity index (χ0n) is 21.5. The second-order valence-corrected chi connectivity index (χ2v) is 9.68. The Balaban J connectivity index is 1.27.